The number of H-pyrrole nitrogens is 1. The number of hydrogen-bond donors (Lipinski definition) is 1. The Hall–Kier alpha value is -2.36. The lowest BCUT2D eigenvalue weighted by atomic mass is 10.1. The van der Waals surface area contributed by atoms with Crippen LogP contribution in [0.15, 0.2) is 55.0 Å². The van der Waals surface area contributed by atoms with Crippen molar-refractivity contribution in [2.45, 2.75) is 0 Å². The van der Waals surface area contributed by atoms with Gasteiger partial charge in [-0.05, 0) is 6.07 Å². The molecule has 78 valence electrons. The van der Waals surface area contributed by atoms with Crippen LogP contribution in [-0.2, 0) is 0 Å². The maximum Gasteiger partial charge on any atom is 0.110 e. The summed E-state index contributed by atoms with van der Waals surface area (Å²) in [5.74, 6) is 0. The molecule has 1 N–H and O–H groups in total. The molecule has 0 atom stereocenters. The Balaban J connectivity index is 2.14. The lowest BCUT2D eigenvalue weighted by molar-refractivity contribution is 0.883. The summed E-state index contributed by atoms with van der Waals surface area (Å²) in [6, 6.07) is 12.0. The summed E-state index contributed by atoms with van der Waals surface area (Å²) < 4.78 is 1.80. The summed E-state index contributed by atoms with van der Waals surface area (Å²) in [7, 11) is 0. The van der Waals surface area contributed by atoms with E-state index in [2.05, 4.69) is 15.3 Å². The van der Waals surface area contributed by atoms with Crippen LogP contribution >= 0.6 is 0 Å². The average Bonchev–Trinajstić information content (AvgIpc) is 3.01. The minimum Gasteiger partial charge on any atom is -0.276 e. The zero-order chi connectivity index (χ0) is 10.8. The van der Waals surface area contributed by atoms with Crippen LogP contribution in [0, 0.1) is 0 Å². The van der Waals surface area contributed by atoms with Crippen molar-refractivity contribution in [2.24, 2.45) is 0 Å². The summed E-state index contributed by atoms with van der Waals surface area (Å²) in [6.07, 6.45) is 5.42. The highest BCUT2D eigenvalue weighted by Crippen LogP contribution is 2.22. The van der Waals surface area contributed by atoms with E-state index in [0.717, 1.165) is 16.9 Å². The predicted octanol–water partition coefficient (Wildman–Crippen LogP) is 2.26. The van der Waals surface area contributed by atoms with Crippen LogP contribution in [0.2, 0.25) is 0 Å². The van der Waals surface area contributed by atoms with Gasteiger partial charge in [-0.25, -0.2) is 4.68 Å². The molecule has 0 aliphatic rings. The molecule has 4 heteroatoms. The van der Waals surface area contributed by atoms with Crippen LogP contribution in [0.5, 0.6) is 0 Å². The SMILES string of the molecule is c1ccc(-c2[nH]ncc2-n2cccn2)cc1. The van der Waals surface area contributed by atoms with Gasteiger partial charge in [0.1, 0.15) is 5.69 Å². The maximum atomic E-state index is 4.20. The van der Waals surface area contributed by atoms with Gasteiger partial charge in [-0.3, -0.25) is 5.10 Å². The van der Waals surface area contributed by atoms with Crippen LogP contribution in [0.1, 0.15) is 0 Å². The Morgan fingerprint density at radius 1 is 1.06 bits per heavy atom. The molecule has 0 saturated carbocycles. The molecule has 0 unspecified atom stereocenters. The van der Waals surface area contributed by atoms with Gasteiger partial charge >= 0.3 is 0 Å². The van der Waals surface area contributed by atoms with Crippen LogP contribution in [-0.4, -0.2) is 20.0 Å². The Bertz CT molecular complexity index is 566. The minimum absolute atomic E-state index is 0.955. The van der Waals surface area contributed by atoms with Crippen molar-refractivity contribution in [1.82, 2.24) is 20.0 Å². The number of nitrogens with zero attached hydrogens (tertiary/aromatic N) is 3. The first-order chi connectivity index (χ1) is 7.95. The van der Waals surface area contributed by atoms with E-state index in [9.17, 15) is 0 Å². The number of aromatic amines is 1. The summed E-state index contributed by atoms with van der Waals surface area (Å²) >= 11 is 0. The van der Waals surface area contributed by atoms with E-state index < -0.39 is 0 Å². The fraction of sp³-hybridized carbons (Fsp3) is 0. The highest BCUT2D eigenvalue weighted by atomic mass is 15.3. The first-order valence-corrected chi connectivity index (χ1v) is 5.04. The van der Waals surface area contributed by atoms with Crippen molar-refractivity contribution in [3.8, 4) is 16.9 Å². The third-order valence-electron chi connectivity index (χ3n) is 2.43. The molecule has 4 nitrogen and oxygen atoms in total. The number of aromatic nitrogens is 4. The van der Waals surface area contributed by atoms with Gasteiger partial charge in [0.15, 0.2) is 0 Å². The number of benzene rings is 1. The first kappa shape index (κ1) is 8.91. The molecule has 0 saturated heterocycles. The van der Waals surface area contributed by atoms with Crippen molar-refractivity contribution in [2.75, 3.05) is 0 Å². The largest absolute Gasteiger partial charge is 0.276 e. The molecule has 0 radical (unpaired) electrons. The molecule has 3 aromatic rings. The Morgan fingerprint density at radius 2 is 1.94 bits per heavy atom. The molecule has 3 rings (SSSR count). The second kappa shape index (κ2) is 3.66. The third kappa shape index (κ3) is 1.40. The van der Waals surface area contributed by atoms with Gasteiger partial charge in [-0.15, -0.1) is 0 Å². The smallest absolute Gasteiger partial charge is 0.110 e. The van der Waals surface area contributed by atoms with Crippen LogP contribution < -0.4 is 0 Å². The first-order valence-electron chi connectivity index (χ1n) is 5.04. The normalized spacial score (nSPS) is 10.5. The fourth-order valence-electron chi connectivity index (χ4n) is 1.68. The van der Waals surface area contributed by atoms with E-state index in [0.29, 0.717) is 0 Å². The van der Waals surface area contributed by atoms with Gasteiger partial charge in [0.2, 0.25) is 0 Å². The van der Waals surface area contributed by atoms with Crippen molar-refractivity contribution in [3.63, 3.8) is 0 Å². The summed E-state index contributed by atoms with van der Waals surface area (Å²) in [6.45, 7) is 0. The zero-order valence-corrected chi connectivity index (χ0v) is 8.54. The van der Waals surface area contributed by atoms with Gasteiger partial charge in [0.25, 0.3) is 0 Å². The monoisotopic (exact) mass is 210 g/mol. The summed E-state index contributed by atoms with van der Waals surface area (Å²) in [5, 5.41) is 11.3. The highest BCUT2D eigenvalue weighted by molar-refractivity contribution is 5.67. The maximum absolute atomic E-state index is 4.20. The topological polar surface area (TPSA) is 46.5 Å². The molecule has 2 aromatic heterocycles. The second-order valence-corrected chi connectivity index (χ2v) is 3.45. The third-order valence-corrected chi connectivity index (χ3v) is 2.43. The lowest BCUT2D eigenvalue weighted by Crippen LogP contribution is -1.94. The molecule has 0 aliphatic heterocycles. The zero-order valence-electron chi connectivity index (χ0n) is 8.54. The molecule has 0 amide bonds. The number of rotatable bonds is 2. The number of nitrogens with one attached hydrogen (secondary N) is 1. The van der Waals surface area contributed by atoms with Gasteiger partial charge in [0.05, 0.1) is 11.9 Å². The summed E-state index contributed by atoms with van der Waals surface area (Å²) in [4.78, 5) is 0. The number of hydrogen-bond acceptors (Lipinski definition) is 2. The van der Waals surface area contributed by atoms with E-state index in [1.165, 1.54) is 0 Å². The quantitative estimate of drug-likeness (QED) is 0.705. The van der Waals surface area contributed by atoms with E-state index in [1.54, 1.807) is 17.1 Å². The Morgan fingerprint density at radius 3 is 2.69 bits per heavy atom. The molecular weight excluding hydrogens is 200 g/mol. The van der Waals surface area contributed by atoms with Crippen molar-refractivity contribution in [3.05, 3.63) is 55.0 Å². The molecule has 0 bridgehead atoms. The van der Waals surface area contributed by atoms with Gasteiger partial charge in [-0.2, -0.15) is 10.2 Å². The Labute approximate surface area is 92.6 Å². The van der Waals surface area contributed by atoms with E-state index >= 15 is 0 Å². The van der Waals surface area contributed by atoms with Gasteiger partial charge < -0.3 is 0 Å². The van der Waals surface area contributed by atoms with Crippen LogP contribution in [0.4, 0.5) is 0 Å². The lowest BCUT2D eigenvalue weighted by Gasteiger charge is -2.02. The van der Waals surface area contributed by atoms with Crippen LogP contribution in [0.25, 0.3) is 16.9 Å². The fourth-order valence-corrected chi connectivity index (χ4v) is 1.68. The molecule has 1 aromatic carbocycles. The van der Waals surface area contributed by atoms with Crippen molar-refractivity contribution < 1.29 is 0 Å². The van der Waals surface area contributed by atoms with E-state index in [1.807, 2.05) is 42.6 Å². The standard InChI is InChI=1S/C12H10N4/c1-2-5-10(6-3-1)12-11(9-13-15-12)16-8-4-7-14-16/h1-9H,(H,13,15). The van der Waals surface area contributed by atoms with E-state index in [4.69, 9.17) is 0 Å². The average molecular weight is 210 g/mol. The Kier molecular flexibility index (Phi) is 2.04. The molecule has 0 fully saturated rings. The minimum atomic E-state index is 0.955. The van der Waals surface area contributed by atoms with Crippen molar-refractivity contribution >= 4 is 0 Å². The molecular formula is C12H10N4. The van der Waals surface area contributed by atoms with Gasteiger partial charge in [-0.1, -0.05) is 30.3 Å². The second-order valence-electron chi connectivity index (χ2n) is 3.45. The van der Waals surface area contributed by atoms with Crippen molar-refractivity contribution in [1.29, 1.82) is 0 Å². The molecule has 2 heterocycles. The molecule has 0 spiro atoms. The molecule has 0 aliphatic carbocycles. The van der Waals surface area contributed by atoms with Gasteiger partial charge in [0, 0.05) is 18.0 Å². The summed E-state index contributed by atoms with van der Waals surface area (Å²) in [5.41, 5.74) is 3.03. The van der Waals surface area contributed by atoms with E-state index in [-0.39, 0.29) is 0 Å². The predicted molar refractivity (Wildman–Crippen MR) is 61.1 cm³/mol. The molecule has 16 heavy (non-hydrogen) atoms. The van der Waals surface area contributed by atoms with Crippen LogP contribution in [0.3, 0.4) is 0 Å². The highest BCUT2D eigenvalue weighted by Gasteiger charge is 2.08.